The molecule has 1 saturated carbocycles. The molecule has 2 saturated heterocycles. The number of nitrogens with zero attached hydrogens (tertiary/aromatic N) is 2. The fourth-order valence-electron chi connectivity index (χ4n) is 8.13. The highest BCUT2D eigenvalue weighted by molar-refractivity contribution is 9.13. The molecule has 3 aromatic rings. The van der Waals surface area contributed by atoms with E-state index >= 15 is 0 Å². The number of ketones is 2. The van der Waals surface area contributed by atoms with Crippen molar-refractivity contribution >= 4 is 78.4 Å². The van der Waals surface area contributed by atoms with Crippen LogP contribution in [0.5, 0.6) is 11.5 Å². The van der Waals surface area contributed by atoms with Gasteiger partial charge >= 0.3 is 0 Å². The lowest BCUT2D eigenvalue weighted by molar-refractivity contribution is -0.126. The average molecular weight is 790 g/mol. The van der Waals surface area contributed by atoms with Gasteiger partial charge in [0.2, 0.25) is 23.6 Å². The summed E-state index contributed by atoms with van der Waals surface area (Å²) in [4.78, 5) is 83.1. The summed E-state index contributed by atoms with van der Waals surface area (Å²) in [5.41, 5.74) is 2.94. The monoisotopic (exact) mass is 788 g/mol. The predicted octanol–water partition coefficient (Wildman–Crippen LogP) is 6.38. The minimum atomic E-state index is -0.862. The Morgan fingerprint density at radius 3 is 1.76 bits per heavy atom. The number of amides is 4. The topological polar surface area (TPSA) is 138 Å². The highest BCUT2D eigenvalue weighted by atomic mass is 79.9. The number of Topliss-reactive ketones (excluding diaryl/α,β-unsaturated/α-hetero) is 2. The lowest BCUT2D eigenvalue weighted by Gasteiger charge is -2.44. The van der Waals surface area contributed by atoms with E-state index in [9.17, 15) is 33.9 Å². The molecule has 1 N–H and O–H groups in total. The number of carbonyl (C=O) groups excluding carboxylic acids is 6. The molecule has 0 radical (unpaired) electrons. The number of aromatic hydroxyl groups is 1. The molecule has 3 aromatic carbocycles. The van der Waals surface area contributed by atoms with Crippen molar-refractivity contribution < 1.29 is 38.6 Å². The standard InChI is InChI=1S/C37H30Br2N2O8/c1-16(42)18-4-8-20(9-5-18)40-34(45)23-13-12-22-24(29(23)36(40)47)14-26-30(28(22)25-15-27(49-3)33(44)32(39)31(25)38)37(48)41(35(26)46)21-10-6-19(7-11-21)17(2)43/h4-12,15,23-24,26,28-30,44H,13-14H2,1-3H3/t23-,24+,26+,28+,29-,30+/m0/s1. The number of phenols is 1. The molecule has 4 amide bonds. The maximum atomic E-state index is 14.5. The van der Waals surface area contributed by atoms with E-state index in [1.807, 2.05) is 6.08 Å². The van der Waals surface area contributed by atoms with Crippen molar-refractivity contribution in [1.82, 2.24) is 0 Å². The molecule has 2 heterocycles. The van der Waals surface area contributed by atoms with Crippen LogP contribution in [0.4, 0.5) is 11.4 Å². The highest BCUT2D eigenvalue weighted by Crippen LogP contribution is 2.60. The molecule has 10 nitrogen and oxygen atoms in total. The zero-order valence-corrected chi connectivity index (χ0v) is 29.8. The molecular formula is C37H30Br2N2O8. The van der Waals surface area contributed by atoms with E-state index in [0.717, 1.165) is 10.5 Å². The van der Waals surface area contributed by atoms with E-state index in [1.165, 1.54) is 25.9 Å². The van der Waals surface area contributed by atoms with E-state index in [-0.39, 0.29) is 41.8 Å². The number of hydrogen-bond donors (Lipinski definition) is 1. The van der Waals surface area contributed by atoms with Gasteiger partial charge in [-0.15, -0.1) is 0 Å². The van der Waals surface area contributed by atoms with Crippen molar-refractivity contribution in [3.63, 3.8) is 0 Å². The Morgan fingerprint density at radius 1 is 0.735 bits per heavy atom. The Hall–Kier alpha value is -4.42. The minimum absolute atomic E-state index is 0.140. The summed E-state index contributed by atoms with van der Waals surface area (Å²) in [6.07, 6.45) is 2.36. The van der Waals surface area contributed by atoms with Crippen LogP contribution in [0.2, 0.25) is 0 Å². The number of benzene rings is 3. The number of phenolic OH excluding ortho intramolecular Hbond substituents is 1. The fraction of sp³-hybridized carbons (Fsp3) is 0.297. The highest BCUT2D eigenvalue weighted by Gasteiger charge is 2.62. The van der Waals surface area contributed by atoms with Gasteiger partial charge in [0.05, 0.1) is 46.6 Å². The molecular weight excluding hydrogens is 760 g/mol. The first-order valence-electron chi connectivity index (χ1n) is 15.8. The second kappa shape index (κ2) is 12.2. The van der Waals surface area contributed by atoms with Crippen molar-refractivity contribution in [1.29, 1.82) is 0 Å². The second-order valence-corrected chi connectivity index (χ2v) is 14.5. The normalized spacial score (nSPS) is 25.9. The van der Waals surface area contributed by atoms with Gasteiger partial charge in [-0.25, -0.2) is 0 Å². The molecule has 0 aromatic heterocycles. The van der Waals surface area contributed by atoms with Crippen LogP contribution in [0, 0.1) is 29.6 Å². The van der Waals surface area contributed by atoms with E-state index < -0.39 is 53.2 Å². The van der Waals surface area contributed by atoms with Gasteiger partial charge in [-0.2, -0.15) is 0 Å². The van der Waals surface area contributed by atoms with Crippen molar-refractivity contribution in [2.75, 3.05) is 16.9 Å². The van der Waals surface area contributed by atoms with Crippen LogP contribution in [-0.2, 0) is 19.2 Å². The maximum Gasteiger partial charge on any atom is 0.238 e. The Labute approximate surface area is 298 Å². The maximum absolute atomic E-state index is 14.5. The lowest BCUT2D eigenvalue weighted by Crippen LogP contribution is -2.43. The van der Waals surface area contributed by atoms with Crippen LogP contribution in [-0.4, -0.2) is 47.4 Å². The quantitative estimate of drug-likeness (QED) is 0.173. The summed E-state index contributed by atoms with van der Waals surface area (Å²) in [5.74, 6) is -6.29. The number of rotatable bonds is 6. The van der Waals surface area contributed by atoms with Gasteiger partial charge in [0, 0.05) is 21.5 Å². The minimum Gasteiger partial charge on any atom is -0.503 e. The molecule has 0 spiro atoms. The van der Waals surface area contributed by atoms with Crippen LogP contribution in [0.3, 0.4) is 0 Å². The predicted molar refractivity (Wildman–Crippen MR) is 185 cm³/mol. The summed E-state index contributed by atoms with van der Waals surface area (Å²) >= 11 is 7.05. The number of methoxy groups -OCH3 is 1. The summed E-state index contributed by atoms with van der Waals surface area (Å²) in [5, 5.41) is 10.8. The number of anilines is 2. The van der Waals surface area contributed by atoms with Gasteiger partial charge in [0.25, 0.3) is 0 Å². The van der Waals surface area contributed by atoms with Gasteiger partial charge in [0.15, 0.2) is 23.1 Å². The molecule has 6 atom stereocenters. The summed E-state index contributed by atoms with van der Waals surface area (Å²) in [7, 11) is 1.41. The van der Waals surface area contributed by atoms with Gasteiger partial charge in [0.1, 0.15) is 0 Å². The first-order valence-corrected chi connectivity index (χ1v) is 17.4. The lowest BCUT2D eigenvalue weighted by atomic mass is 9.57. The van der Waals surface area contributed by atoms with Crippen LogP contribution in [0.25, 0.3) is 0 Å². The molecule has 12 heteroatoms. The molecule has 4 aliphatic rings. The molecule has 7 rings (SSSR count). The van der Waals surface area contributed by atoms with Gasteiger partial charge in [-0.05, 0) is 125 Å². The third-order valence-electron chi connectivity index (χ3n) is 10.4. The number of carbonyl (C=O) groups is 6. The van der Waals surface area contributed by atoms with Crippen LogP contribution < -0.4 is 14.5 Å². The Bertz CT molecular complexity index is 2020. The van der Waals surface area contributed by atoms with Crippen LogP contribution in [0.1, 0.15) is 58.9 Å². The number of hydrogen-bond acceptors (Lipinski definition) is 8. The number of fused-ring (bicyclic) bond motifs is 4. The number of ether oxygens (including phenoxy) is 1. The largest absolute Gasteiger partial charge is 0.503 e. The summed E-state index contributed by atoms with van der Waals surface area (Å²) in [6, 6.07) is 14.3. The summed E-state index contributed by atoms with van der Waals surface area (Å²) < 4.78 is 6.24. The van der Waals surface area contributed by atoms with Gasteiger partial charge in [-0.3, -0.25) is 38.6 Å². The van der Waals surface area contributed by atoms with E-state index in [0.29, 0.717) is 37.0 Å². The molecule has 2 aliphatic heterocycles. The van der Waals surface area contributed by atoms with Gasteiger partial charge < -0.3 is 9.84 Å². The Kier molecular flexibility index (Phi) is 8.22. The van der Waals surface area contributed by atoms with E-state index in [1.54, 1.807) is 54.6 Å². The van der Waals surface area contributed by atoms with Crippen molar-refractivity contribution in [2.24, 2.45) is 29.6 Å². The van der Waals surface area contributed by atoms with Crippen molar-refractivity contribution in [3.8, 4) is 11.5 Å². The molecule has 250 valence electrons. The van der Waals surface area contributed by atoms with E-state index in [4.69, 9.17) is 4.74 Å². The third kappa shape index (κ3) is 5.01. The van der Waals surface area contributed by atoms with Gasteiger partial charge in [-0.1, -0.05) is 11.6 Å². The third-order valence-corrected chi connectivity index (χ3v) is 12.6. The summed E-state index contributed by atoms with van der Waals surface area (Å²) in [6.45, 7) is 2.87. The van der Waals surface area contributed by atoms with Crippen molar-refractivity contribution in [2.45, 2.75) is 32.6 Å². The number of imide groups is 2. The smallest absolute Gasteiger partial charge is 0.238 e. The molecule has 49 heavy (non-hydrogen) atoms. The second-order valence-electron chi connectivity index (χ2n) is 12.9. The Morgan fingerprint density at radius 2 is 1.24 bits per heavy atom. The van der Waals surface area contributed by atoms with Crippen molar-refractivity contribution in [3.05, 3.63) is 91.9 Å². The molecule has 2 aliphatic carbocycles. The number of allylic oxidation sites excluding steroid dienone is 2. The SMILES string of the molecule is COc1cc([C@H]2C3=CC[C@@H]4C(=O)N(c5ccc(C(C)=O)cc5)C(=O)[C@@H]4[C@@H]3C[C@H]3C(=O)N(c4ccc(C(C)=O)cc4)C(=O)[C@@H]23)c(Br)c(Br)c1O. The van der Waals surface area contributed by atoms with Crippen LogP contribution in [0.15, 0.2) is 75.2 Å². The fourth-order valence-corrected chi connectivity index (χ4v) is 9.10. The van der Waals surface area contributed by atoms with Crippen LogP contribution >= 0.6 is 31.9 Å². The zero-order chi connectivity index (χ0) is 35.0. The molecule has 0 bridgehead atoms. The Balaban J connectivity index is 1.35. The zero-order valence-electron chi connectivity index (χ0n) is 26.6. The molecule has 3 fully saturated rings. The first-order chi connectivity index (χ1) is 23.3. The average Bonchev–Trinajstić information content (AvgIpc) is 3.50. The number of halogens is 2. The first kappa shape index (κ1) is 33.1. The van der Waals surface area contributed by atoms with E-state index in [2.05, 4.69) is 31.9 Å². The molecule has 0 unspecified atom stereocenters.